The van der Waals surface area contributed by atoms with Gasteiger partial charge in [-0.05, 0) is 12.1 Å². The van der Waals surface area contributed by atoms with Gasteiger partial charge in [-0.3, -0.25) is 0 Å². The monoisotopic (exact) mass is 349 g/mol. The van der Waals surface area contributed by atoms with E-state index in [0.717, 1.165) is 35.9 Å². The van der Waals surface area contributed by atoms with Gasteiger partial charge in [0.2, 0.25) is 5.95 Å². The van der Waals surface area contributed by atoms with Crippen LogP contribution in [0, 0.1) is 0 Å². The van der Waals surface area contributed by atoms with Crippen LogP contribution in [0.5, 0.6) is 11.5 Å². The lowest BCUT2D eigenvalue weighted by Gasteiger charge is -2.28. The highest BCUT2D eigenvalue weighted by molar-refractivity contribution is 5.63. The van der Waals surface area contributed by atoms with Gasteiger partial charge >= 0.3 is 0 Å². The average molecular weight is 349 g/mol. The lowest BCUT2D eigenvalue weighted by Crippen LogP contribution is -2.36. The van der Waals surface area contributed by atoms with Crippen LogP contribution >= 0.6 is 0 Å². The molecule has 0 atom stereocenters. The van der Waals surface area contributed by atoms with Crippen LogP contribution in [0.15, 0.2) is 54.9 Å². The summed E-state index contributed by atoms with van der Waals surface area (Å²) < 4.78 is 11.5. The molecule has 0 aliphatic carbocycles. The summed E-state index contributed by atoms with van der Waals surface area (Å²) in [6.07, 6.45) is 3.33. The van der Waals surface area contributed by atoms with Crippen LogP contribution in [0.3, 0.4) is 0 Å². The van der Waals surface area contributed by atoms with E-state index < -0.39 is 0 Å². The molecule has 2 aromatic heterocycles. The van der Waals surface area contributed by atoms with E-state index in [1.165, 1.54) is 0 Å². The number of benzene rings is 1. The first-order valence-corrected chi connectivity index (χ1v) is 8.43. The average Bonchev–Trinajstić information content (AvgIpc) is 2.70. The fraction of sp³-hybridized carbons (Fsp3) is 0.211. The molecule has 1 fully saturated rings. The standard InChI is InChI=1S/C19H19N5O2/c20-19-21-12-14(13-22-19)17-10-16(26-15-4-2-1-3-5-15)11-18(23-17)24-6-8-25-9-7-24/h1-5,10-13H,6-9H2,(H2,20,21,22). The van der Waals surface area contributed by atoms with Crippen molar-refractivity contribution in [1.29, 1.82) is 0 Å². The van der Waals surface area contributed by atoms with Crippen molar-refractivity contribution in [1.82, 2.24) is 15.0 Å². The van der Waals surface area contributed by atoms with E-state index in [1.54, 1.807) is 12.4 Å². The Balaban J connectivity index is 1.72. The van der Waals surface area contributed by atoms with Gasteiger partial charge in [0, 0.05) is 43.2 Å². The molecule has 3 heterocycles. The number of nitrogens with zero attached hydrogens (tertiary/aromatic N) is 4. The van der Waals surface area contributed by atoms with Crippen LogP contribution < -0.4 is 15.4 Å². The summed E-state index contributed by atoms with van der Waals surface area (Å²) in [5.74, 6) is 2.55. The first-order valence-electron chi connectivity index (χ1n) is 8.43. The molecular formula is C19H19N5O2. The molecule has 2 N–H and O–H groups in total. The van der Waals surface area contributed by atoms with Gasteiger partial charge in [-0.2, -0.15) is 0 Å². The second-order valence-electron chi connectivity index (χ2n) is 5.89. The maximum absolute atomic E-state index is 6.03. The molecule has 1 aliphatic rings. The van der Waals surface area contributed by atoms with Gasteiger partial charge < -0.3 is 20.1 Å². The summed E-state index contributed by atoms with van der Waals surface area (Å²) in [4.78, 5) is 15.1. The fourth-order valence-electron chi connectivity index (χ4n) is 2.75. The van der Waals surface area contributed by atoms with Gasteiger partial charge in [-0.1, -0.05) is 18.2 Å². The normalized spacial score (nSPS) is 14.2. The zero-order valence-corrected chi connectivity index (χ0v) is 14.2. The third-order valence-electron chi connectivity index (χ3n) is 4.07. The first-order chi connectivity index (χ1) is 12.8. The molecule has 7 nitrogen and oxygen atoms in total. The first kappa shape index (κ1) is 16.3. The minimum Gasteiger partial charge on any atom is -0.457 e. The predicted octanol–water partition coefficient (Wildman–Crippen LogP) is 2.75. The Hall–Kier alpha value is -3.19. The van der Waals surface area contributed by atoms with Crippen LogP contribution in [0.2, 0.25) is 0 Å². The van der Waals surface area contributed by atoms with Crippen molar-refractivity contribution in [2.75, 3.05) is 36.9 Å². The second kappa shape index (κ2) is 7.37. The zero-order valence-electron chi connectivity index (χ0n) is 14.2. The summed E-state index contributed by atoms with van der Waals surface area (Å²) in [5.41, 5.74) is 7.11. The molecule has 0 saturated carbocycles. The maximum Gasteiger partial charge on any atom is 0.219 e. The number of morpholine rings is 1. The van der Waals surface area contributed by atoms with E-state index in [4.69, 9.17) is 20.2 Å². The molecule has 0 radical (unpaired) electrons. The van der Waals surface area contributed by atoms with Gasteiger partial charge in [-0.25, -0.2) is 15.0 Å². The molecule has 1 saturated heterocycles. The molecular weight excluding hydrogens is 330 g/mol. The third kappa shape index (κ3) is 3.73. The molecule has 1 aromatic carbocycles. The van der Waals surface area contributed by atoms with Gasteiger partial charge in [0.05, 0.1) is 18.9 Å². The van der Waals surface area contributed by atoms with Crippen LogP contribution in [-0.4, -0.2) is 41.3 Å². The van der Waals surface area contributed by atoms with Crippen LogP contribution in [-0.2, 0) is 4.74 Å². The number of nitrogen functional groups attached to an aromatic ring is 1. The predicted molar refractivity (Wildman–Crippen MR) is 99.2 cm³/mol. The smallest absolute Gasteiger partial charge is 0.219 e. The molecule has 26 heavy (non-hydrogen) atoms. The Labute approximate surface area is 151 Å². The van der Waals surface area contributed by atoms with Crippen molar-refractivity contribution in [2.24, 2.45) is 0 Å². The van der Waals surface area contributed by atoms with E-state index >= 15 is 0 Å². The van der Waals surface area contributed by atoms with E-state index in [1.807, 2.05) is 42.5 Å². The van der Waals surface area contributed by atoms with E-state index in [0.29, 0.717) is 19.0 Å². The number of rotatable bonds is 4. The highest BCUT2D eigenvalue weighted by atomic mass is 16.5. The van der Waals surface area contributed by atoms with Crippen LogP contribution in [0.1, 0.15) is 0 Å². The molecule has 0 amide bonds. The second-order valence-corrected chi connectivity index (χ2v) is 5.89. The molecule has 4 rings (SSSR count). The number of nitrogens with two attached hydrogens (primary N) is 1. The zero-order chi connectivity index (χ0) is 17.8. The number of pyridine rings is 1. The quantitative estimate of drug-likeness (QED) is 0.775. The topological polar surface area (TPSA) is 86.4 Å². The van der Waals surface area contributed by atoms with E-state index in [-0.39, 0.29) is 5.95 Å². The van der Waals surface area contributed by atoms with Gasteiger partial charge in [0.25, 0.3) is 0 Å². The Morgan fingerprint density at radius 3 is 2.42 bits per heavy atom. The Bertz CT molecular complexity index is 865. The van der Waals surface area contributed by atoms with Crippen molar-refractivity contribution >= 4 is 11.8 Å². The molecule has 3 aromatic rings. The Morgan fingerprint density at radius 2 is 1.69 bits per heavy atom. The SMILES string of the molecule is Nc1ncc(-c2cc(Oc3ccccc3)cc(N3CCOCC3)n2)cn1. The molecule has 0 spiro atoms. The molecule has 132 valence electrons. The Kier molecular flexibility index (Phi) is 4.61. The molecule has 0 unspecified atom stereocenters. The van der Waals surface area contributed by atoms with Crippen molar-refractivity contribution < 1.29 is 9.47 Å². The van der Waals surface area contributed by atoms with Gasteiger partial charge in [0.15, 0.2) is 0 Å². The number of anilines is 2. The summed E-state index contributed by atoms with van der Waals surface area (Å²) in [5, 5.41) is 0. The van der Waals surface area contributed by atoms with Gasteiger partial charge in [-0.15, -0.1) is 0 Å². The number of ether oxygens (including phenoxy) is 2. The molecule has 0 bridgehead atoms. The lowest BCUT2D eigenvalue weighted by molar-refractivity contribution is 0.122. The fourth-order valence-corrected chi connectivity index (χ4v) is 2.75. The number of para-hydroxylation sites is 1. The van der Waals surface area contributed by atoms with E-state index in [2.05, 4.69) is 14.9 Å². The summed E-state index contributed by atoms with van der Waals surface area (Å²) in [6, 6.07) is 13.5. The lowest BCUT2D eigenvalue weighted by atomic mass is 10.2. The van der Waals surface area contributed by atoms with Crippen molar-refractivity contribution in [3.8, 4) is 22.8 Å². The number of aromatic nitrogens is 3. The highest BCUT2D eigenvalue weighted by Gasteiger charge is 2.16. The number of hydrogen-bond donors (Lipinski definition) is 1. The Morgan fingerprint density at radius 1 is 0.962 bits per heavy atom. The molecule has 7 heteroatoms. The minimum absolute atomic E-state index is 0.235. The van der Waals surface area contributed by atoms with Gasteiger partial charge in [0.1, 0.15) is 17.3 Å². The minimum atomic E-state index is 0.235. The summed E-state index contributed by atoms with van der Waals surface area (Å²) >= 11 is 0. The largest absolute Gasteiger partial charge is 0.457 e. The highest BCUT2D eigenvalue weighted by Crippen LogP contribution is 2.30. The molecule has 1 aliphatic heterocycles. The third-order valence-corrected chi connectivity index (χ3v) is 4.07. The van der Waals surface area contributed by atoms with E-state index in [9.17, 15) is 0 Å². The van der Waals surface area contributed by atoms with Crippen LogP contribution in [0.25, 0.3) is 11.3 Å². The van der Waals surface area contributed by atoms with Crippen molar-refractivity contribution in [2.45, 2.75) is 0 Å². The van der Waals surface area contributed by atoms with Crippen LogP contribution in [0.4, 0.5) is 11.8 Å². The van der Waals surface area contributed by atoms with Crippen molar-refractivity contribution in [3.63, 3.8) is 0 Å². The van der Waals surface area contributed by atoms with Crippen molar-refractivity contribution in [3.05, 3.63) is 54.9 Å². The maximum atomic E-state index is 6.03. The number of hydrogen-bond acceptors (Lipinski definition) is 7. The summed E-state index contributed by atoms with van der Waals surface area (Å²) in [6.45, 7) is 2.95. The summed E-state index contributed by atoms with van der Waals surface area (Å²) in [7, 11) is 0.